The van der Waals surface area contributed by atoms with Crippen LogP contribution in [0.1, 0.15) is 17.0 Å². The first-order valence-electron chi connectivity index (χ1n) is 11.7. The Morgan fingerprint density at radius 3 is 2.70 bits per heavy atom. The molecule has 1 fully saturated rings. The first kappa shape index (κ1) is 25.5. The van der Waals surface area contributed by atoms with E-state index in [1.807, 2.05) is 37.3 Å². The van der Waals surface area contributed by atoms with Crippen molar-refractivity contribution in [2.45, 2.75) is 13.3 Å². The lowest BCUT2D eigenvalue weighted by molar-refractivity contribution is -0.384. The molecule has 2 heterocycles. The second-order valence-electron chi connectivity index (χ2n) is 8.23. The number of nitro groups is 1. The molecule has 2 N–H and O–H groups in total. The summed E-state index contributed by atoms with van der Waals surface area (Å²) in [5.41, 5.74) is 5.39. The molecule has 2 aromatic carbocycles. The number of rotatable bonds is 9. The van der Waals surface area contributed by atoms with Gasteiger partial charge in [-0.05, 0) is 24.6 Å². The fraction of sp³-hybridized carbons (Fsp3) is 0.280. The molecule has 0 spiro atoms. The Bertz CT molecular complexity index is 1260. The van der Waals surface area contributed by atoms with Crippen molar-refractivity contribution in [1.82, 2.24) is 9.97 Å². The fourth-order valence-electron chi connectivity index (χ4n) is 3.59. The Morgan fingerprint density at radius 1 is 1.19 bits per heavy atom. The van der Waals surface area contributed by atoms with Gasteiger partial charge >= 0.3 is 6.09 Å². The Kier molecular flexibility index (Phi) is 8.55. The molecule has 1 aliphatic heterocycles. The topological polar surface area (TPSA) is 144 Å². The molecule has 12 nitrogen and oxygen atoms in total. The molecule has 0 bridgehead atoms. The van der Waals surface area contributed by atoms with E-state index in [0.29, 0.717) is 43.6 Å². The number of ether oxygens (including phenoxy) is 2. The summed E-state index contributed by atoms with van der Waals surface area (Å²) in [6, 6.07) is 15.3. The lowest BCUT2D eigenvalue weighted by Gasteiger charge is -2.28. The van der Waals surface area contributed by atoms with Crippen molar-refractivity contribution in [3.8, 4) is 0 Å². The van der Waals surface area contributed by atoms with E-state index < -0.39 is 11.0 Å². The molecule has 4 rings (SSSR count). The molecular weight excluding hydrogens is 478 g/mol. The highest BCUT2D eigenvalue weighted by Crippen LogP contribution is 2.18. The second-order valence-corrected chi connectivity index (χ2v) is 8.23. The highest BCUT2D eigenvalue weighted by molar-refractivity contribution is 5.84. The van der Waals surface area contributed by atoms with E-state index in [1.54, 1.807) is 6.21 Å². The standard InChI is InChI=1S/C25H27N7O5/c1-18-3-2-4-19(15-18)17-26-30-23-16-24(31-10-13-36-14-11-31)29-22(28-23)9-12-37-25(33)27-20-5-7-21(8-6-20)32(34)35/h2-8,15-17H,9-14H2,1H3,(H,27,33)(H,28,29,30). The fourth-order valence-corrected chi connectivity index (χ4v) is 3.59. The molecule has 1 saturated heterocycles. The third-order valence-corrected chi connectivity index (χ3v) is 5.41. The summed E-state index contributed by atoms with van der Waals surface area (Å²) in [5.74, 6) is 1.74. The molecule has 1 aliphatic rings. The predicted molar refractivity (Wildman–Crippen MR) is 139 cm³/mol. The van der Waals surface area contributed by atoms with Gasteiger partial charge in [-0.15, -0.1) is 0 Å². The Hall–Kier alpha value is -4.58. The zero-order valence-corrected chi connectivity index (χ0v) is 20.3. The maximum absolute atomic E-state index is 12.1. The van der Waals surface area contributed by atoms with Crippen LogP contribution in [0, 0.1) is 17.0 Å². The number of aromatic nitrogens is 2. The molecule has 37 heavy (non-hydrogen) atoms. The normalized spacial score (nSPS) is 13.4. The molecule has 0 saturated carbocycles. The van der Waals surface area contributed by atoms with E-state index in [-0.39, 0.29) is 18.7 Å². The monoisotopic (exact) mass is 505 g/mol. The number of benzene rings is 2. The van der Waals surface area contributed by atoms with Gasteiger partial charge in [0, 0.05) is 43.4 Å². The van der Waals surface area contributed by atoms with Gasteiger partial charge in [0.15, 0.2) is 5.82 Å². The first-order valence-corrected chi connectivity index (χ1v) is 11.7. The number of amides is 1. The van der Waals surface area contributed by atoms with Crippen LogP contribution in [0.5, 0.6) is 0 Å². The number of nitro benzene ring substituents is 1. The number of hydrazone groups is 1. The minimum absolute atomic E-state index is 0.0391. The zero-order chi connectivity index (χ0) is 26.0. The van der Waals surface area contributed by atoms with Gasteiger partial charge in [-0.2, -0.15) is 5.10 Å². The van der Waals surface area contributed by atoms with Crippen molar-refractivity contribution in [2.24, 2.45) is 5.10 Å². The van der Waals surface area contributed by atoms with Gasteiger partial charge in [0.05, 0.1) is 24.4 Å². The van der Waals surface area contributed by atoms with Crippen LogP contribution in [0.4, 0.5) is 27.8 Å². The van der Waals surface area contributed by atoms with Gasteiger partial charge < -0.3 is 14.4 Å². The average molecular weight is 506 g/mol. The van der Waals surface area contributed by atoms with E-state index in [1.165, 1.54) is 24.3 Å². The summed E-state index contributed by atoms with van der Waals surface area (Å²) in [4.78, 5) is 33.6. The van der Waals surface area contributed by atoms with Gasteiger partial charge in [0.1, 0.15) is 18.2 Å². The maximum atomic E-state index is 12.1. The van der Waals surface area contributed by atoms with Gasteiger partial charge in [0.25, 0.3) is 5.69 Å². The molecule has 0 radical (unpaired) electrons. The van der Waals surface area contributed by atoms with Crippen LogP contribution in [-0.2, 0) is 15.9 Å². The lowest BCUT2D eigenvalue weighted by atomic mass is 10.2. The van der Waals surface area contributed by atoms with Gasteiger partial charge in [0.2, 0.25) is 0 Å². The summed E-state index contributed by atoms with van der Waals surface area (Å²) in [7, 11) is 0. The summed E-state index contributed by atoms with van der Waals surface area (Å²) in [6.45, 7) is 4.69. The molecule has 1 aromatic heterocycles. The quantitative estimate of drug-likeness (QED) is 0.252. The van der Waals surface area contributed by atoms with Crippen LogP contribution in [0.3, 0.4) is 0 Å². The van der Waals surface area contributed by atoms with Crippen LogP contribution < -0.4 is 15.6 Å². The molecular formula is C25H27N7O5. The zero-order valence-electron chi connectivity index (χ0n) is 20.3. The van der Waals surface area contributed by atoms with Crippen LogP contribution in [0.25, 0.3) is 0 Å². The number of hydrogen-bond acceptors (Lipinski definition) is 10. The minimum atomic E-state index is -0.681. The van der Waals surface area contributed by atoms with E-state index in [4.69, 9.17) is 9.47 Å². The average Bonchev–Trinajstić information content (AvgIpc) is 2.89. The smallest absolute Gasteiger partial charge is 0.411 e. The number of morpholine rings is 1. The van der Waals surface area contributed by atoms with E-state index in [9.17, 15) is 14.9 Å². The van der Waals surface area contributed by atoms with Crippen molar-refractivity contribution < 1.29 is 19.2 Å². The minimum Gasteiger partial charge on any atom is -0.449 e. The summed E-state index contributed by atoms with van der Waals surface area (Å²) < 4.78 is 10.7. The highest BCUT2D eigenvalue weighted by atomic mass is 16.6. The molecule has 0 atom stereocenters. The Morgan fingerprint density at radius 2 is 1.97 bits per heavy atom. The number of aryl methyl sites for hydroxylation is 1. The van der Waals surface area contributed by atoms with Crippen molar-refractivity contribution in [3.05, 3.63) is 81.7 Å². The van der Waals surface area contributed by atoms with Gasteiger partial charge in [-0.1, -0.05) is 29.8 Å². The third kappa shape index (κ3) is 7.70. The van der Waals surface area contributed by atoms with Crippen LogP contribution in [0.2, 0.25) is 0 Å². The molecule has 3 aromatic rings. The lowest BCUT2D eigenvalue weighted by Crippen LogP contribution is -2.37. The number of anilines is 3. The van der Waals surface area contributed by atoms with E-state index >= 15 is 0 Å². The molecule has 0 unspecified atom stereocenters. The van der Waals surface area contributed by atoms with Gasteiger partial charge in [-0.3, -0.25) is 20.9 Å². The largest absolute Gasteiger partial charge is 0.449 e. The van der Waals surface area contributed by atoms with Gasteiger partial charge in [-0.25, -0.2) is 14.8 Å². The van der Waals surface area contributed by atoms with Crippen LogP contribution in [-0.4, -0.2) is 60.1 Å². The Labute approximate surface area is 213 Å². The number of nitrogens with one attached hydrogen (secondary N) is 2. The van der Waals surface area contributed by atoms with Crippen molar-refractivity contribution in [3.63, 3.8) is 0 Å². The number of nitrogens with zero attached hydrogens (tertiary/aromatic N) is 5. The number of hydrogen-bond donors (Lipinski definition) is 2. The summed E-state index contributed by atoms with van der Waals surface area (Å²) in [6.07, 6.45) is 1.32. The van der Waals surface area contributed by atoms with Crippen molar-refractivity contribution >= 4 is 35.3 Å². The molecule has 12 heteroatoms. The van der Waals surface area contributed by atoms with E-state index in [2.05, 4.69) is 30.7 Å². The van der Waals surface area contributed by atoms with E-state index in [0.717, 1.165) is 16.9 Å². The SMILES string of the molecule is Cc1cccc(C=NNc2cc(N3CCOCC3)nc(CCOC(=O)Nc3ccc([N+](=O)[O-])cc3)n2)c1. The maximum Gasteiger partial charge on any atom is 0.411 e. The highest BCUT2D eigenvalue weighted by Gasteiger charge is 2.15. The van der Waals surface area contributed by atoms with Crippen LogP contribution >= 0.6 is 0 Å². The molecule has 192 valence electrons. The second kappa shape index (κ2) is 12.4. The van der Waals surface area contributed by atoms with Crippen molar-refractivity contribution in [1.29, 1.82) is 0 Å². The molecule has 1 amide bonds. The number of carbonyl (C=O) groups is 1. The number of carbonyl (C=O) groups excluding carboxylic acids is 1. The van der Waals surface area contributed by atoms with Crippen molar-refractivity contribution in [2.75, 3.05) is 48.6 Å². The Balaban J connectivity index is 1.38. The van der Waals surface area contributed by atoms with Crippen LogP contribution in [0.15, 0.2) is 59.7 Å². The third-order valence-electron chi connectivity index (χ3n) is 5.41. The summed E-state index contributed by atoms with van der Waals surface area (Å²) >= 11 is 0. The summed E-state index contributed by atoms with van der Waals surface area (Å²) in [5, 5.41) is 17.6. The number of non-ortho nitro benzene ring substituents is 1. The predicted octanol–water partition coefficient (Wildman–Crippen LogP) is 3.77. The molecule has 0 aliphatic carbocycles. The first-order chi connectivity index (χ1) is 18.0.